The van der Waals surface area contributed by atoms with E-state index in [2.05, 4.69) is 18.8 Å². The van der Waals surface area contributed by atoms with E-state index < -0.39 is 5.97 Å². The van der Waals surface area contributed by atoms with Crippen LogP contribution in [0.2, 0.25) is 0 Å². The maximum absolute atomic E-state index is 10.5. The van der Waals surface area contributed by atoms with Crippen molar-refractivity contribution in [3.05, 3.63) is 24.0 Å². The van der Waals surface area contributed by atoms with Gasteiger partial charge in [-0.3, -0.25) is 0 Å². The third-order valence-electron chi connectivity index (χ3n) is 2.15. The molecule has 0 unspecified atom stereocenters. The van der Waals surface area contributed by atoms with E-state index in [9.17, 15) is 4.79 Å². The maximum atomic E-state index is 10.5. The fourth-order valence-electron chi connectivity index (χ4n) is 1.02. The van der Waals surface area contributed by atoms with Crippen LogP contribution in [-0.2, 0) is 0 Å². The zero-order valence-corrected chi connectivity index (χ0v) is 8.56. The molecule has 1 N–H and O–H groups in total. The highest BCUT2D eigenvalue weighted by Gasteiger charge is 2.07. The second kappa shape index (κ2) is 4.09. The van der Waals surface area contributed by atoms with E-state index in [1.807, 2.05) is 11.9 Å². The molecule has 4 nitrogen and oxygen atoms in total. The van der Waals surface area contributed by atoms with Crippen molar-refractivity contribution in [2.45, 2.75) is 19.9 Å². The van der Waals surface area contributed by atoms with Gasteiger partial charge >= 0.3 is 5.97 Å². The van der Waals surface area contributed by atoms with Crippen molar-refractivity contribution >= 4 is 11.7 Å². The minimum Gasteiger partial charge on any atom is -0.477 e. The molecule has 0 aliphatic rings. The van der Waals surface area contributed by atoms with Crippen LogP contribution in [0.5, 0.6) is 0 Å². The number of anilines is 1. The van der Waals surface area contributed by atoms with Crippen LogP contribution in [0.15, 0.2) is 18.3 Å². The van der Waals surface area contributed by atoms with Crippen LogP contribution < -0.4 is 4.90 Å². The molecule has 0 saturated carbocycles. The lowest BCUT2D eigenvalue weighted by Gasteiger charge is -2.23. The third kappa shape index (κ3) is 2.22. The van der Waals surface area contributed by atoms with Crippen LogP contribution in [0, 0.1) is 0 Å². The standard InChI is InChI=1S/C10H14N2O2/c1-7(2)12(3)8-4-5-9(10(13)14)11-6-8/h4-7H,1-3H3,(H,13,14). The van der Waals surface area contributed by atoms with Crippen LogP contribution in [0.3, 0.4) is 0 Å². The maximum Gasteiger partial charge on any atom is 0.354 e. The quantitative estimate of drug-likeness (QED) is 0.794. The van der Waals surface area contributed by atoms with Crippen LogP contribution in [0.1, 0.15) is 24.3 Å². The number of nitrogens with zero attached hydrogens (tertiary/aromatic N) is 2. The molecule has 0 radical (unpaired) electrons. The second-order valence-corrected chi connectivity index (χ2v) is 3.41. The summed E-state index contributed by atoms with van der Waals surface area (Å²) in [5.41, 5.74) is 0.996. The van der Waals surface area contributed by atoms with Gasteiger partial charge in [-0.25, -0.2) is 9.78 Å². The Kier molecular flexibility index (Phi) is 3.06. The third-order valence-corrected chi connectivity index (χ3v) is 2.15. The molecule has 0 bridgehead atoms. The van der Waals surface area contributed by atoms with E-state index in [1.54, 1.807) is 12.3 Å². The minimum atomic E-state index is -0.997. The zero-order valence-electron chi connectivity index (χ0n) is 8.56. The average molecular weight is 194 g/mol. The molecular weight excluding hydrogens is 180 g/mol. The van der Waals surface area contributed by atoms with Crippen molar-refractivity contribution in [2.24, 2.45) is 0 Å². The first-order valence-corrected chi connectivity index (χ1v) is 4.44. The van der Waals surface area contributed by atoms with Gasteiger partial charge in [-0.15, -0.1) is 0 Å². The number of carboxylic acids is 1. The molecule has 0 spiro atoms. The Balaban J connectivity index is 2.88. The molecule has 0 fully saturated rings. The second-order valence-electron chi connectivity index (χ2n) is 3.41. The van der Waals surface area contributed by atoms with E-state index in [1.165, 1.54) is 6.07 Å². The molecule has 0 saturated heterocycles. The fourth-order valence-corrected chi connectivity index (χ4v) is 1.02. The van der Waals surface area contributed by atoms with E-state index in [4.69, 9.17) is 5.11 Å². The van der Waals surface area contributed by atoms with Gasteiger partial charge in [0.1, 0.15) is 5.69 Å². The topological polar surface area (TPSA) is 53.4 Å². The number of carbonyl (C=O) groups is 1. The number of hydrogen-bond donors (Lipinski definition) is 1. The Labute approximate surface area is 83.2 Å². The van der Waals surface area contributed by atoms with Gasteiger partial charge < -0.3 is 10.0 Å². The van der Waals surface area contributed by atoms with Gasteiger partial charge in [0.05, 0.1) is 11.9 Å². The van der Waals surface area contributed by atoms with Gasteiger partial charge in [0.15, 0.2) is 0 Å². The number of aromatic carboxylic acids is 1. The van der Waals surface area contributed by atoms with Gasteiger partial charge in [0.25, 0.3) is 0 Å². The highest BCUT2D eigenvalue weighted by Crippen LogP contribution is 2.13. The molecular formula is C10H14N2O2. The highest BCUT2D eigenvalue weighted by atomic mass is 16.4. The molecule has 0 aliphatic heterocycles. The van der Waals surface area contributed by atoms with Crippen molar-refractivity contribution in [3.63, 3.8) is 0 Å². The number of hydrogen-bond acceptors (Lipinski definition) is 3. The fraction of sp³-hybridized carbons (Fsp3) is 0.400. The van der Waals surface area contributed by atoms with Crippen molar-refractivity contribution in [1.82, 2.24) is 4.98 Å². The van der Waals surface area contributed by atoms with Crippen LogP contribution in [0.4, 0.5) is 5.69 Å². The number of pyridine rings is 1. The number of aromatic nitrogens is 1. The Bertz CT molecular complexity index is 319. The number of carboxylic acid groups (broad SMARTS) is 1. The average Bonchev–Trinajstić information content (AvgIpc) is 2.16. The summed E-state index contributed by atoms with van der Waals surface area (Å²) in [5, 5.41) is 8.65. The highest BCUT2D eigenvalue weighted by molar-refractivity contribution is 5.85. The summed E-state index contributed by atoms with van der Waals surface area (Å²) in [6, 6.07) is 3.64. The zero-order chi connectivity index (χ0) is 10.7. The molecule has 1 rings (SSSR count). The molecule has 1 aromatic heterocycles. The van der Waals surface area contributed by atoms with Gasteiger partial charge in [-0.05, 0) is 26.0 Å². The smallest absolute Gasteiger partial charge is 0.354 e. The molecule has 0 atom stereocenters. The lowest BCUT2D eigenvalue weighted by molar-refractivity contribution is 0.0690. The first-order valence-electron chi connectivity index (χ1n) is 4.44. The molecule has 4 heteroatoms. The Morgan fingerprint density at radius 3 is 2.50 bits per heavy atom. The first-order chi connectivity index (χ1) is 6.52. The summed E-state index contributed by atoms with van der Waals surface area (Å²) in [4.78, 5) is 16.4. The van der Waals surface area contributed by atoms with Gasteiger partial charge in [0.2, 0.25) is 0 Å². The lowest BCUT2D eigenvalue weighted by atomic mass is 10.2. The van der Waals surface area contributed by atoms with Crippen LogP contribution in [0.25, 0.3) is 0 Å². The van der Waals surface area contributed by atoms with E-state index in [-0.39, 0.29) is 5.69 Å². The normalized spacial score (nSPS) is 10.3. The minimum absolute atomic E-state index is 0.0749. The van der Waals surface area contributed by atoms with Crippen LogP contribution >= 0.6 is 0 Å². The molecule has 0 amide bonds. The van der Waals surface area contributed by atoms with Gasteiger partial charge in [-0.2, -0.15) is 0 Å². The monoisotopic (exact) mass is 194 g/mol. The Morgan fingerprint density at radius 1 is 1.50 bits per heavy atom. The summed E-state index contributed by atoms with van der Waals surface area (Å²) in [5.74, 6) is -0.997. The predicted molar refractivity (Wildman–Crippen MR) is 54.7 cm³/mol. The first kappa shape index (κ1) is 10.5. The molecule has 14 heavy (non-hydrogen) atoms. The van der Waals surface area contributed by atoms with E-state index in [0.717, 1.165) is 5.69 Å². The number of rotatable bonds is 3. The SMILES string of the molecule is CC(C)N(C)c1ccc(C(=O)O)nc1. The van der Waals surface area contributed by atoms with E-state index in [0.29, 0.717) is 6.04 Å². The predicted octanol–water partition coefficient (Wildman–Crippen LogP) is 1.62. The van der Waals surface area contributed by atoms with Crippen LogP contribution in [-0.4, -0.2) is 29.1 Å². The molecule has 0 aromatic carbocycles. The molecule has 1 heterocycles. The lowest BCUT2D eigenvalue weighted by Crippen LogP contribution is -2.25. The summed E-state index contributed by atoms with van der Waals surface area (Å²) < 4.78 is 0. The van der Waals surface area contributed by atoms with Gasteiger partial charge in [0, 0.05) is 13.1 Å². The van der Waals surface area contributed by atoms with Crippen molar-refractivity contribution in [2.75, 3.05) is 11.9 Å². The largest absolute Gasteiger partial charge is 0.477 e. The van der Waals surface area contributed by atoms with E-state index >= 15 is 0 Å². The van der Waals surface area contributed by atoms with Crippen molar-refractivity contribution < 1.29 is 9.90 Å². The molecule has 76 valence electrons. The van der Waals surface area contributed by atoms with Crippen molar-refractivity contribution in [3.8, 4) is 0 Å². The summed E-state index contributed by atoms with van der Waals surface area (Å²) >= 11 is 0. The molecule has 1 aromatic rings. The molecule has 0 aliphatic carbocycles. The summed E-state index contributed by atoms with van der Waals surface area (Å²) in [6.45, 7) is 4.12. The Morgan fingerprint density at radius 2 is 2.14 bits per heavy atom. The Hall–Kier alpha value is -1.58. The van der Waals surface area contributed by atoms with Gasteiger partial charge in [-0.1, -0.05) is 0 Å². The van der Waals surface area contributed by atoms with Crippen molar-refractivity contribution in [1.29, 1.82) is 0 Å². The summed E-state index contributed by atoms with van der Waals surface area (Å²) in [6.07, 6.45) is 1.57. The summed E-state index contributed by atoms with van der Waals surface area (Å²) in [7, 11) is 1.95.